The molecule has 0 saturated carbocycles. The maximum absolute atomic E-state index is 9.96. The first-order valence-corrected chi connectivity index (χ1v) is 5.24. The van der Waals surface area contributed by atoms with Gasteiger partial charge >= 0.3 is 0 Å². The Morgan fingerprint density at radius 2 is 1.93 bits per heavy atom. The molecule has 0 aromatic rings. The minimum Gasteiger partial charge on any atom is -0.477 e. The van der Waals surface area contributed by atoms with E-state index in [1.807, 2.05) is 20.8 Å². The molecule has 82 valence electrons. The van der Waals surface area contributed by atoms with Crippen LogP contribution in [0.1, 0.15) is 34.6 Å². The zero-order chi connectivity index (χ0) is 10.9. The van der Waals surface area contributed by atoms with E-state index < -0.39 is 6.10 Å². The number of aliphatic imine (C=N–C) groups is 1. The monoisotopic (exact) mass is 199 g/mol. The van der Waals surface area contributed by atoms with Crippen molar-refractivity contribution in [1.29, 1.82) is 0 Å². The second-order valence-corrected chi connectivity index (χ2v) is 5.10. The highest BCUT2D eigenvalue weighted by Gasteiger charge is 2.33. The molecule has 1 aliphatic heterocycles. The zero-order valence-electron chi connectivity index (χ0n) is 9.74. The molecule has 0 aliphatic carbocycles. The highest BCUT2D eigenvalue weighted by atomic mass is 16.5. The third kappa shape index (κ3) is 2.47. The van der Waals surface area contributed by atoms with Gasteiger partial charge in [-0.1, -0.05) is 20.8 Å². The predicted molar refractivity (Wildman–Crippen MR) is 57.5 cm³/mol. The van der Waals surface area contributed by atoms with E-state index in [2.05, 4.69) is 18.8 Å². The van der Waals surface area contributed by atoms with Crippen LogP contribution in [0.25, 0.3) is 0 Å². The van der Waals surface area contributed by atoms with Gasteiger partial charge in [-0.3, -0.25) is 0 Å². The summed E-state index contributed by atoms with van der Waals surface area (Å²) in [5.74, 6) is 1.12. The summed E-state index contributed by atoms with van der Waals surface area (Å²) in [6.45, 7) is 10.8. The van der Waals surface area contributed by atoms with Crippen LogP contribution in [0.4, 0.5) is 0 Å². The van der Waals surface area contributed by atoms with E-state index in [0.29, 0.717) is 18.4 Å². The Morgan fingerprint density at radius 1 is 1.36 bits per heavy atom. The first-order chi connectivity index (χ1) is 6.33. The van der Waals surface area contributed by atoms with E-state index in [4.69, 9.17) is 4.74 Å². The smallest absolute Gasteiger partial charge is 0.214 e. The number of aliphatic hydroxyl groups excluding tert-OH is 1. The third-order valence-electron chi connectivity index (χ3n) is 2.79. The number of ether oxygens (including phenoxy) is 1. The quantitative estimate of drug-likeness (QED) is 0.753. The second kappa shape index (κ2) is 3.89. The minimum atomic E-state index is -0.559. The molecule has 2 atom stereocenters. The van der Waals surface area contributed by atoms with E-state index in [9.17, 15) is 5.11 Å². The van der Waals surface area contributed by atoms with Crippen molar-refractivity contribution in [3.63, 3.8) is 0 Å². The molecule has 0 aromatic carbocycles. The Hall–Kier alpha value is -0.570. The molecule has 0 unspecified atom stereocenters. The molecular formula is C11H21NO2. The highest BCUT2D eigenvalue weighted by molar-refractivity contribution is 5.82. The summed E-state index contributed by atoms with van der Waals surface area (Å²) in [6.07, 6.45) is -0.559. The van der Waals surface area contributed by atoms with Crippen LogP contribution in [0.3, 0.4) is 0 Å². The van der Waals surface area contributed by atoms with Gasteiger partial charge in [0.2, 0.25) is 5.90 Å². The molecule has 0 amide bonds. The molecule has 0 radical (unpaired) electrons. The Labute approximate surface area is 86.2 Å². The van der Waals surface area contributed by atoms with E-state index in [0.717, 1.165) is 0 Å². The topological polar surface area (TPSA) is 41.8 Å². The van der Waals surface area contributed by atoms with Crippen molar-refractivity contribution in [3.8, 4) is 0 Å². The van der Waals surface area contributed by atoms with Crippen LogP contribution in [0.2, 0.25) is 0 Å². The fraction of sp³-hybridized carbons (Fsp3) is 0.909. The lowest BCUT2D eigenvalue weighted by atomic mass is 9.92. The Bertz CT molecular complexity index is 233. The standard InChI is InChI=1S/C11H21NO2/c1-7(2)8(3)9(13)10-12-11(4,5)6-14-10/h7-9,13H,6H2,1-5H3/t8-,9-/m1/s1. The number of hydrogen-bond donors (Lipinski definition) is 1. The summed E-state index contributed by atoms with van der Waals surface area (Å²) in [6, 6.07) is 0. The fourth-order valence-electron chi connectivity index (χ4n) is 1.35. The zero-order valence-corrected chi connectivity index (χ0v) is 9.74. The van der Waals surface area contributed by atoms with E-state index in [1.54, 1.807) is 0 Å². The molecule has 0 fully saturated rings. The van der Waals surface area contributed by atoms with Gasteiger partial charge in [-0.15, -0.1) is 0 Å². The molecule has 3 nitrogen and oxygen atoms in total. The normalized spacial score (nSPS) is 24.4. The van der Waals surface area contributed by atoms with E-state index in [1.165, 1.54) is 0 Å². The van der Waals surface area contributed by atoms with Crippen LogP contribution >= 0.6 is 0 Å². The van der Waals surface area contributed by atoms with Crippen LogP contribution in [0.5, 0.6) is 0 Å². The van der Waals surface area contributed by atoms with Crippen LogP contribution in [-0.2, 0) is 4.74 Å². The Balaban J connectivity index is 2.67. The lowest BCUT2D eigenvalue weighted by Gasteiger charge is -2.21. The van der Waals surface area contributed by atoms with Gasteiger partial charge in [-0.05, 0) is 25.7 Å². The first-order valence-electron chi connectivity index (χ1n) is 5.24. The summed E-state index contributed by atoms with van der Waals surface area (Å²) in [5, 5.41) is 9.96. The fourth-order valence-corrected chi connectivity index (χ4v) is 1.35. The summed E-state index contributed by atoms with van der Waals surface area (Å²) in [4.78, 5) is 4.37. The third-order valence-corrected chi connectivity index (χ3v) is 2.79. The molecule has 14 heavy (non-hydrogen) atoms. The van der Waals surface area contributed by atoms with Crippen molar-refractivity contribution in [2.24, 2.45) is 16.8 Å². The van der Waals surface area contributed by atoms with Crippen LogP contribution in [-0.4, -0.2) is 29.3 Å². The molecule has 1 heterocycles. The summed E-state index contributed by atoms with van der Waals surface area (Å²) in [7, 11) is 0. The second-order valence-electron chi connectivity index (χ2n) is 5.10. The summed E-state index contributed by atoms with van der Waals surface area (Å²) >= 11 is 0. The maximum Gasteiger partial charge on any atom is 0.214 e. The van der Waals surface area contributed by atoms with Crippen molar-refractivity contribution in [2.75, 3.05) is 6.61 Å². The first kappa shape index (κ1) is 11.5. The van der Waals surface area contributed by atoms with E-state index in [-0.39, 0.29) is 11.5 Å². The van der Waals surface area contributed by atoms with Gasteiger partial charge in [-0.25, -0.2) is 4.99 Å². The number of hydrogen-bond acceptors (Lipinski definition) is 3. The predicted octanol–water partition coefficient (Wildman–Crippen LogP) is 1.85. The van der Waals surface area contributed by atoms with Crippen LogP contribution < -0.4 is 0 Å². The van der Waals surface area contributed by atoms with Gasteiger partial charge in [0.25, 0.3) is 0 Å². The van der Waals surface area contributed by atoms with Gasteiger partial charge in [0.15, 0.2) is 0 Å². The largest absolute Gasteiger partial charge is 0.477 e. The lowest BCUT2D eigenvalue weighted by Crippen LogP contribution is -2.31. The molecule has 1 rings (SSSR count). The number of rotatable bonds is 3. The lowest BCUT2D eigenvalue weighted by molar-refractivity contribution is 0.123. The van der Waals surface area contributed by atoms with Crippen molar-refractivity contribution in [3.05, 3.63) is 0 Å². The Morgan fingerprint density at radius 3 is 2.29 bits per heavy atom. The number of aliphatic hydroxyl groups is 1. The molecular weight excluding hydrogens is 178 g/mol. The highest BCUT2D eigenvalue weighted by Crippen LogP contribution is 2.23. The Kier molecular flexibility index (Phi) is 3.20. The van der Waals surface area contributed by atoms with Gasteiger partial charge in [-0.2, -0.15) is 0 Å². The van der Waals surface area contributed by atoms with Crippen molar-refractivity contribution < 1.29 is 9.84 Å². The van der Waals surface area contributed by atoms with Gasteiger partial charge in [0.05, 0.1) is 5.54 Å². The molecule has 1 N–H and O–H groups in total. The summed E-state index contributed by atoms with van der Waals surface area (Å²) in [5.41, 5.74) is -0.174. The van der Waals surface area contributed by atoms with Gasteiger partial charge < -0.3 is 9.84 Å². The maximum atomic E-state index is 9.96. The number of nitrogens with zero attached hydrogens (tertiary/aromatic N) is 1. The van der Waals surface area contributed by atoms with Crippen molar-refractivity contribution in [1.82, 2.24) is 0 Å². The van der Waals surface area contributed by atoms with Crippen molar-refractivity contribution in [2.45, 2.75) is 46.3 Å². The molecule has 0 aromatic heterocycles. The molecule has 0 spiro atoms. The van der Waals surface area contributed by atoms with Gasteiger partial charge in [0, 0.05) is 0 Å². The summed E-state index contributed by atoms with van der Waals surface area (Å²) < 4.78 is 5.40. The molecule has 0 bridgehead atoms. The van der Waals surface area contributed by atoms with Crippen LogP contribution in [0.15, 0.2) is 4.99 Å². The average molecular weight is 199 g/mol. The SMILES string of the molecule is CC(C)[C@@H](C)[C@@H](O)C1=NC(C)(C)CO1. The molecule has 3 heteroatoms. The molecule has 1 aliphatic rings. The van der Waals surface area contributed by atoms with E-state index >= 15 is 0 Å². The minimum absolute atomic E-state index is 0.174. The van der Waals surface area contributed by atoms with Crippen molar-refractivity contribution >= 4 is 5.90 Å². The van der Waals surface area contributed by atoms with Crippen LogP contribution in [0, 0.1) is 11.8 Å². The average Bonchev–Trinajstić information content (AvgIpc) is 2.43. The van der Waals surface area contributed by atoms with Gasteiger partial charge in [0.1, 0.15) is 12.7 Å². The molecule has 0 saturated heterocycles.